The molecule has 1 fully saturated rings. The van der Waals surface area contributed by atoms with Crippen molar-refractivity contribution in [2.24, 2.45) is 0 Å². The van der Waals surface area contributed by atoms with E-state index in [9.17, 15) is 4.39 Å². The number of halogens is 1. The van der Waals surface area contributed by atoms with Crippen LogP contribution < -0.4 is 4.90 Å². The Balaban J connectivity index is 1.83. The molecular weight excluding hydrogens is 233 g/mol. The van der Waals surface area contributed by atoms with Gasteiger partial charge in [0.25, 0.3) is 0 Å². The summed E-state index contributed by atoms with van der Waals surface area (Å²) < 4.78 is 14.8. The lowest BCUT2D eigenvalue weighted by Gasteiger charge is -2.29. The van der Waals surface area contributed by atoms with Crippen LogP contribution in [-0.4, -0.2) is 39.0 Å². The minimum absolute atomic E-state index is 0.571. The maximum atomic E-state index is 13.1. The second-order valence-corrected chi connectivity index (χ2v) is 4.35. The molecule has 1 aliphatic heterocycles. The predicted molar refractivity (Wildman–Crippen MR) is 65.5 cm³/mol. The molecule has 0 aromatic carbocycles. The molecule has 6 heteroatoms. The number of hydrogen-bond donors (Lipinski definition) is 0. The van der Waals surface area contributed by atoms with Gasteiger partial charge < -0.3 is 4.90 Å². The first-order chi connectivity index (χ1) is 8.83. The number of rotatable bonds is 2. The van der Waals surface area contributed by atoms with Gasteiger partial charge in [-0.1, -0.05) is 0 Å². The van der Waals surface area contributed by atoms with Gasteiger partial charge in [0, 0.05) is 31.5 Å². The van der Waals surface area contributed by atoms with Crippen molar-refractivity contribution >= 4 is 5.82 Å². The van der Waals surface area contributed by atoms with Crippen LogP contribution in [-0.2, 0) is 0 Å². The minimum atomic E-state index is -0.673. The summed E-state index contributed by atoms with van der Waals surface area (Å²) in [6, 6.07) is 3.72. The van der Waals surface area contributed by atoms with Crippen molar-refractivity contribution in [1.82, 2.24) is 19.7 Å². The highest BCUT2D eigenvalue weighted by Crippen LogP contribution is 2.20. The molecule has 0 unspecified atom stereocenters. The zero-order valence-electron chi connectivity index (χ0n) is 9.91. The zero-order chi connectivity index (χ0) is 12.4. The number of hydrogen-bond acceptors (Lipinski definition) is 4. The molecule has 3 rings (SSSR count). The lowest BCUT2D eigenvalue weighted by Crippen LogP contribution is -2.35. The molecule has 0 amide bonds. The number of piperidine rings is 1. The summed E-state index contributed by atoms with van der Waals surface area (Å²) >= 11 is 0. The van der Waals surface area contributed by atoms with Gasteiger partial charge in [0.05, 0.1) is 0 Å². The third kappa shape index (κ3) is 2.18. The van der Waals surface area contributed by atoms with E-state index in [1.54, 1.807) is 10.9 Å². The fourth-order valence-electron chi connectivity index (χ4n) is 2.12. The van der Waals surface area contributed by atoms with Crippen LogP contribution in [0.3, 0.4) is 0 Å². The van der Waals surface area contributed by atoms with Gasteiger partial charge in [-0.2, -0.15) is 5.10 Å². The lowest BCUT2D eigenvalue weighted by molar-refractivity contribution is 0.276. The molecule has 94 valence electrons. The van der Waals surface area contributed by atoms with E-state index in [-0.39, 0.29) is 0 Å². The largest absolute Gasteiger partial charge is 0.356 e. The molecule has 0 bridgehead atoms. The van der Waals surface area contributed by atoms with Crippen molar-refractivity contribution < 1.29 is 4.39 Å². The van der Waals surface area contributed by atoms with Crippen molar-refractivity contribution in [2.75, 3.05) is 18.0 Å². The predicted octanol–water partition coefficient (Wildman–Crippen LogP) is 1.60. The van der Waals surface area contributed by atoms with E-state index in [0.29, 0.717) is 25.9 Å². The van der Waals surface area contributed by atoms with E-state index in [1.165, 1.54) is 6.33 Å². The Labute approximate surface area is 104 Å². The van der Waals surface area contributed by atoms with Crippen LogP contribution in [0.5, 0.6) is 0 Å². The van der Waals surface area contributed by atoms with Gasteiger partial charge >= 0.3 is 0 Å². The highest BCUT2D eigenvalue weighted by Gasteiger charge is 2.19. The SMILES string of the molecule is FC1CCN(c2cc(-n3cccn3)ncn2)CC1. The molecule has 0 N–H and O–H groups in total. The highest BCUT2D eigenvalue weighted by atomic mass is 19.1. The molecular formula is C12H14FN5. The standard InChI is InChI=1S/C12H14FN5/c13-10-2-6-17(7-3-10)11-8-12(15-9-14-11)18-5-1-4-16-18/h1,4-5,8-10H,2-3,6-7H2. The molecule has 1 saturated heterocycles. The van der Waals surface area contributed by atoms with E-state index in [1.807, 2.05) is 18.3 Å². The summed E-state index contributed by atoms with van der Waals surface area (Å²) in [5.41, 5.74) is 0. The van der Waals surface area contributed by atoms with Crippen LogP contribution in [0.15, 0.2) is 30.9 Å². The van der Waals surface area contributed by atoms with Gasteiger partial charge in [-0.3, -0.25) is 0 Å². The first-order valence-electron chi connectivity index (χ1n) is 6.04. The molecule has 1 aliphatic rings. The van der Waals surface area contributed by atoms with Crippen molar-refractivity contribution in [2.45, 2.75) is 19.0 Å². The zero-order valence-corrected chi connectivity index (χ0v) is 9.91. The van der Waals surface area contributed by atoms with Gasteiger partial charge in [-0.25, -0.2) is 19.0 Å². The second-order valence-electron chi connectivity index (χ2n) is 4.35. The van der Waals surface area contributed by atoms with E-state index < -0.39 is 6.17 Å². The van der Waals surface area contributed by atoms with E-state index in [2.05, 4.69) is 20.0 Å². The number of alkyl halides is 1. The third-order valence-corrected chi connectivity index (χ3v) is 3.13. The summed E-state index contributed by atoms with van der Waals surface area (Å²) in [4.78, 5) is 10.5. The first-order valence-corrected chi connectivity index (χ1v) is 6.04. The van der Waals surface area contributed by atoms with Crippen LogP contribution in [0.25, 0.3) is 5.82 Å². The fraction of sp³-hybridized carbons (Fsp3) is 0.417. The average molecular weight is 247 g/mol. The van der Waals surface area contributed by atoms with Gasteiger partial charge in [0.15, 0.2) is 5.82 Å². The molecule has 2 aromatic heterocycles. The Hall–Kier alpha value is -1.98. The summed E-state index contributed by atoms with van der Waals surface area (Å²) in [7, 11) is 0. The topological polar surface area (TPSA) is 46.8 Å². The average Bonchev–Trinajstić information content (AvgIpc) is 2.94. The van der Waals surface area contributed by atoms with Crippen LogP contribution in [0.4, 0.5) is 10.2 Å². The summed E-state index contributed by atoms with van der Waals surface area (Å²) in [6.45, 7) is 1.41. The Bertz CT molecular complexity index is 505. The molecule has 0 radical (unpaired) electrons. The van der Waals surface area contributed by atoms with Crippen LogP contribution in [0.1, 0.15) is 12.8 Å². The maximum absolute atomic E-state index is 13.1. The molecule has 2 aromatic rings. The Morgan fingerprint density at radius 2 is 1.94 bits per heavy atom. The van der Waals surface area contributed by atoms with Crippen molar-refractivity contribution in [1.29, 1.82) is 0 Å². The van der Waals surface area contributed by atoms with Crippen LogP contribution >= 0.6 is 0 Å². The van der Waals surface area contributed by atoms with E-state index in [0.717, 1.165) is 11.6 Å². The van der Waals surface area contributed by atoms with Gasteiger partial charge in [-0.05, 0) is 18.9 Å². The number of anilines is 1. The molecule has 0 saturated carbocycles. The van der Waals surface area contributed by atoms with Crippen molar-refractivity contribution in [3.63, 3.8) is 0 Å². The van der Waals surface area contributed by atoms with Gasteiger partial charge in [0.2, 0.25) is 0 Å². The quantitative estimate of drug-likeness (QED) is 0.808. The second kappa shape index (κ2) is 4.72. The Kier molecular flexibility index (Phi) is 2.92. The summed E-state index contributed by atoms with van der Waals surface area (Å²) in [5.74, 6) is 1.56. The first kappa shape index (κ1) is 11.1. The van der Waals surface area contributed by atoms with Crippen LogP contribution in [0, 0.1) is 0 Å². The summed E-state index contributed by atoms with van der Waals surface area (Å²) in [6.07, 6.45) is 5.53. The Morgan fingerprint density at radius 1 is 1.17 bits per heavy atom. The summed E-state index contributed by atoms with van der Waals surface area (Å²) in [5, 5.41) is 4.13. The monoisotopic (exact) mass is 247 g/mol. The normalized spacial score (nSPS) is 17.1. The van der Waals surface area contributed by atoms with E-state index >= 15 is 0 Å². The third-order valence-electron chi connectivity index (χ3n) is 3.13. The maximum Gasteiger partial charge on any atom is 0.158 e. The molecule has 0 aliphatic carbocycles. The fourth-order valence-corrected chi connectivity index (χ4v) is 2.12. The molecule has 0 atom stereocenters. The van der Waals surface area contributed by atoms with Crippen LogP contribution in [0.2, 0.25) is 0 Å². The molecule has 5 nitrogen and oxygen atoms in total. The number of nitrogens with zero attached hydrogens (tertiary/aromatic N) is 5. The lowest BCUT2D eigenvalue weighted by atomic mass is 10.1. The van der Waals surface area contributed by atoms with Gasteiger partial charge in [-0.15, -0.1) is 0 Å². The molecule has 3 heterocycles. The molecule has 0 spiro atoms. The van der Waals surface area contributed by atoms with Crippen molar-refractivity contribution in [3.05, 3.63) is 30.9 Å². The Morgan fingerprint density at radius 3 is 2.67 bits per heavy atom. The van der Waals surface area contributed by atoms with Gasteiger partial charge in [0.1, 0.15) is 18.3 Å². The minimum Gasteiger partial charge on any atom is -0.356 e. The number of aromatic nitrogens is 4. The van der Waals surface area contributed by atoms with Crippen molar-refractivity contribution in [3.8, 4) is 5.82 Å². The highest BCUT2D eigenvalue weighted by molar-refractivity contribution is 5.43. The smallest absolute Gasteiger partial charge is 0.158 e. The molecule has 18 heavy (non-hydrogen) atoms. The van der Waals surface area contributed by atoms with E-state index in [4.69, 9.17) is 0 Å².